The number of ether oxygens (including phenoxy) is 1. The van der Waals surface area contributed by atoms with Gasteiger partial charge >= 0.3 is 5.97 Å². The molecule has 92 valence electrons. The van der Waals surface area contributed by atoms with Gasteiger partial charge in [-0.25, -0.2) is 4.79 Å². The summed E-state index contributed by atoms with van der Waals surface area (Å²) in [6, 6.07) is 7.72. The van der Waals surface area contributed by atoms with Gasteiger partial charge in [0.1, 0.15) is 5.03 Å². The van der Waals surface area contributed by atoms with E-state index in [9.17, 15) is 4.79 Å². The fourth-order valence-electron chi connectivity index (χ4n) is 1.27. The van der Waals surface area contributed by atoms with Crippen LogP contribution >= 0.6 is 11.6 Å². The zero-order valence-corrected chi connectivity index (χ0v) is 11.0. The molecule has 1 aromatic carbocycles. The van der Waals surface area contributed by atoms with Gasteiger partial charge in [0, 0.05) is 19.8 Å². The molecule has 0 atom stereocenters. The molecule has 1 aromatic rings. The smallest absolute Gasteiger partial charge is 0.349 e. The third-order valence-corrected chi connectivity index (χ3v) is 2.44. The molecule has 0 saturated carbocycles. The van der Waals surface area contributed by atoms with Gasteiger partial charge in [-0.05, 0) is 30.7 Å². The Hall–Kier alpha value is -1.48. The number of halogens is 1. The molecule has 0 aliphatic rings. The van der Waals surface area contributed by atoms with E-state index in [1.165, 1.54) is 0 Å². The van der Waals surface area contributed by atoms with Crippen molar-refractivity contribution in [3.8, 4) is 0 Å². The Morgan fingerprint density at radius 3 is 2.41 bits per heavy atom. The first-order chi connectivity index (χ1) is 8.04. The van der Waals surface area contributed by atoms with Crippen LogP contribution < -0.4 is 4.90 Å². The molecule has 0 amide bonds. The van der Waals surface area contributed by atoms with Gasteiger partial charge in [-0.1, -0.05) is 23.7 Å². The maximum Gasteiger partial charge on any atom is 0.349 e. The highest BCUT2D eigenvalue weighted by molar-refractivity contribution is 6.43. The number of hydrogen-bond donors (Lipinski definition) is 0. The van der Waals surface area contributed by atoms with Gasteiger partial charge in [-0.3, -0.25) is 0 Å². The fraction of sp³-hybridized carbons (Fsp3) is 0.308. The van der Waals surface area contributed by atoms with Gasteiger partial charge in [0.15, 0.2) is 0 Å². The molecule has 0 aliphatic carbocycles. The third-order valence-electron chi connectivity index (χ3n) is 2.17. The van der Waals surface area contributed by atoms with Crippen LogP contribution in [0.5, 0.6) is 0 Å². The third kappa shape index (κ3) is 4.11. The predicted molar refractivity (Wildman–Crippen MR) is 71.2 cm³/mol. The molecule has 1 rings (SSSR count). The molecule has 0 bridgehead atoms. The summed E-state index contributed by atoms with van der Waals surface area (Å²) >= 11 is 5.82. The maximum atomic E-state index is 11.3. The molecule has 0 unspecified atom stereocenters. The number of esters is 1. The Bertz CT molecular complexity index is 410. The van der Waals surface area contributed by atoms with Crippen molar-refractivity contribution in [2.75, 3.05) is 25.6 Å². The highest BCUT2D eigenvalue weighted by Crippen LogP contribution is 2.16. The molecule has 0 spiro atoms. The van der Waals surface area contributed by atoms with Crippen LogP contribution in [-0.2, 0) is 9.53 Å². The lowest BCUT2D eigenvalue weighted by molar-refractivity contribution is -0.137. The average molecular weight is 254 g/mol. The molecule has 4 heteroatoms. The molecule has 3 nitrogen and oxygen atoms in total. The van der Waals surface area contributed by atoms with Crippen molar-refractivity contribution < 1.29 is 9.53 Å². The van der Waals surface area contributed by atoms with Crippen molar-refractivity contribution in [3.05, 3.63) is 34.9 Å². The summed E-state index contributed by atoms with van der Waals surface area (Å²) in [6.45, 7) is 2.07. The van der Waals surface area contributed by atoms with Gasteiger partial charge in [-0.15, -0.1) is 0 Å². The van der Waals surface area contributed by atoms with Crippen LogP contribution in [0.15, 0.2) is 29.3 Å². The zero-order valence-electron chi connectivity index (χ0n) is 10.2. The largest absolute Gasteiger partial charge is 0.462 e. The lowest BCUT2D eigenvalue weighted by Gasteiger charge is -2.11. The number of carbonyl (C=O) groups excluding carboxylic acids is 1. The molecule has 0 aliphatic heterocycles. The second kappa shape index (κ2) is 6.30. The summed E-state index contributed by atoms with van der Waals surface area (Å²) in [7, 11) is 3.94. The summed E-state index contributed by atoms with van der Waals surface area (Å²) in [5.41, 5.74) is 1.96. The first-order valence-electron chi connectivity index (χ1n) is 5.36. The highest BCUT2D eigenvalue weighted by Gasteiger charge is 2.06. The van der Waals surface area contributed by atoms with Crippen molar-refractivity contribution in [1.82, 2.24) is 0 Å². The summed E-state index contributed by atoms with van der Waals surface area (Å²) in [4.78, 5) is 13.3. The summed E-state index contributed by atoms with van der Waals surface area (Å²) < 4.78 is 4.79. The van der Waals surface area contributed by atoms with Crippen molar-refractivity contribution in [2.24, 2.45) is 0 Å². The van der Waals surface area contributed by atoms with E-state index >= 15 is 0 Å². The lowest BCUT2D eigenvalue weighted by Crippen LogP contribution is -2.08. The first kappa shape index (κ1) is 13.6. The number of benzene rings is 1. The van der Waals surface area contributed by atoms with E-state index in [1.807, 2.05) is 43.3 Å². The molecule has 0 aromatic heterocycles. The molecule has 0 saturated heterocycles. The molecule has 0 heterocycles. The minimum absolute atomic E-state index is 0.0875. The van der Waals surface area contributed by atoms with Crippen LogP contribution in [0.25, 0.3) is 6.08 Å². The predicted octanol–water partition coefficient (Wildman–Crippen LogP) is 2.90. The fourth-order valence-corrected chi connectivity index (χ4v) is 1.45. The van der Waals surface area contributed by atoms with E-state index < -0.39 is 5.97 Å². The minimum Gasteiger partial charge on any atom is -0.462 e. The van der Waals surface area contributed by atoms with Crippen molar-refractivity contribution in [2.45, 2.75) is 6.92 Å². The maximum absolute atomic E-state index is 11.3. The van der Waals surface area contributed by atoms with Crippen LogP contribution in [0.3, 0.4) is 0 Å². The van der Waals surface area contributed by atoms with Gasteiger partial charge in [0.05, 0.1) is 6.61 Å². The second-order valence-electron chi connectivity index (χ2n) is 3.70. The van der Waals surface area contributed by atoms with Crippen LogP contribution in [-0.4, -0.2) is 26.7 Å². The molecule has 17 heavy (non-hydrogen) atoms. The number of hydrogen-bond acceptors (Lipinski definition) is 3. The van der Waals surface area contributed by atoms with Crippen molar-refractivity contribution in [1.29, 1.82) is 0 Å². The second-order valence-corrected chi connectivity index (χ2v) is 4.11. The molecule has 0 fully saturated rings. The van der Waals surface area contributed by atoms with Crippen LogP contribution in [0.2, 0.25) is 0 Å². The number of anilines is 1. The Kier molecular flexibility index (Phi) is 5.04. The average Bonchev–Trinajstić information content (AvgIpc) is 2.30. The van der Waals surface area contributed by atoms with Crippen molar-refractivity contribution >= 4 is 29.3 Å². The van der Waals surface area contributed by atoms with Gasteiger partial charge in [0.25, 0.3) is 0 Å². The summed E-state index contributed by atoms with van der Waals surface area (Å²) in [5.74, 6) is -0.495. The number of carbonyl (C=O) groups is 1. The lowest BCUT2D eigenvalue weighted by atomic mass is 10.2. The van der Waals surface area contributed by atoms with Gasteiger partial charge in [0.2, 0.25) is 0 Å². The Morgan fingerprint density at radius 1 is 1.35 bits per heavy atom. The SMILES string of the molecule is CCOC(=O)/C(Cl)=C/c1ccc(N(C)C)cc1. The zero-order chi connectivity index (χ0) is 12.8. The Balaban J connectivity index is 2.80. The highest BCUT2D eigenvalue weighted by atomic mass is 35.5. The molecular weight excluding hydrogens is 238 g/mol. The summed E-state index contributed by atoms with van der Waals surface area (Å²) in [5, 5.41) is 0.0875. The van der Waals surface area contributed by atoms with E-state index in [-0.39, 0.29) is 5.03 Å². The van der Waals surface area contributed by atoms with E-state index in [0.29, 0.717) is 6.61 Å². The van der Waals surface area contributed by atoms with Crippen LogP contribution in [0.1, 0.15) is 12.5 Å². The summed E-state index contributed by atoms with van der Waals surface area (Å²) in [6.07, 6.45) is 1.60. The Labute approximate surface area is 107 Å². The van der Waals surface area contributed by atoms with E-state index in [1.54, 1.807) is 13.0 Å². The number of rotatable bonds is 4. The standard InChI is InChI=1S/C13H16ClNO2/c1-4-17-13(16)12(14)9-10-5-7-11(8-6-10)15(2)3/h5-9H,4H2,1-3H3/b12-9-. The van der Waals surface area contributed by atoms with Crippen LogP contribution in [0, 0.1) is 0 Å². The molecule has 0 N–H and O–H groups in total. The Morgan fingerprint density at radius 2 is 1.94 bits per heavy atom. The van der Waals surface area contributed by atoms with Crippen LogP contribution in [0.4, 0.5) is 5.69 Å². The molecule has 0 radical (unpaired) electrons. The van der Waals surface area contributed by atoms with E-state index in [4.69, 9.17) is 16.3 Å². The number of nitrogens with zero attached hydrogens (tertiary/aromatic N) is 1. The van der Waals surface area contributed by atoms with Gasteiger partial charge in [-0.2, -0.15) is 0 Å². The van der Waals surface area contributed by atoms with E-state index in [2.05, 4.69) is 0 Å². The minimum atomic E-state index is -0.495. The first-order valence-corrected chi connectivity index (χ1v) is 5.74. The normalized spacial score (nSPS) is 11.2. The monoisotopic (exact) mass is 253 g/mol. The van der Waals surface area contributed by atoms with Crippen molar-refractivity contribution in [3.63, 3.8) is 0 Å². The molecular formula is C13H16ClNO2. The topological polar surface area (TPSA) is 29.5 Å². The van der Waals surface area contributed by atoms with Gasteiger partial charge < -0.3 is 9.64 Å². The quantitative estimate of drug-likeness (QED) is 0.610. The van der Waals surface area contributed by atoms with E-state index in [0.717, 1.165) is 11.3 Å².